The van der Waals surface area contributed by atoms with Gasteiger partial charge in [0.1, 0.15) is 5.75 Å². The average Bonchev–Trinajstić information content (AvgIpc) is 3.22. The predicted octanol–water partition coefficient (Wildman–Crippen LogP) is 6.30. The summed E-state index contributed by atoms with van der Waals surface area (Å²) in [4.78, 5) is 9.36. The lowest BCUT2D eigenvalue weighted by molar-refractivity contribution is 0.276. The van der Waals surface area contributed by atoms with Crippen LogP contribution in [0.3, 0.4) is 0 Å². The van der Waals surface area contributed by atoms with Crippen LogP contribution in [0, 0.1) is 0 Å². The molecule has 178 valence electrons. The SMILES string of the molecule is COc1cc(CO[Si](C)(C)C(C)(C)C)cc(Nc2ccc3ncc(-c4cnn(C)c4)nc3c2)c1. The second kappa shape index (κ2) is 9.19. The number of hydrogen-bond acceptors (Lipinski definition) is 6. The van der Waals surface area contributed by atoms with Gasteiger partial charge >= 0.3 is 0 Å². The fraction of sp³-hybridized carbons (Fsp3) is 0.346. The number of aromatic nitrogens is 4. The molecule has 8 heteroatoms. The van der Waals surface area contributed by atoms with Crippen molar-refractivity contribution in [2.45, 2.75) is 45.5 Å². The number of ether oxygens (including phenoxy) is 1. The van der Waals surface area contributed by atoms with Crippen molar-refractivity contribution < 1.29 is 9.16 Å². The highest BCUT2D eigenvalue weighted by atomic mass is 28.4. The van der Waals surface area contributed by atoms with Crippen LogP contribution < -0.4 is 10.1 Å². The lowest BCUT2D eigenvalue weighted by atomic mass is 10.2. The third-order valence-electron chi connectivity index (χ3n) is 6.44. The van der Waals surface area contributed by atoms with Crippen LogP contribution in [-0.2, 0) is 18.1 Å². The Hall–Kier alpha value is -3.23. The molecule has 0 aliphatic heterocycles. The van der Waals surface area contributed by atoms with Crippen LogP contribution in [0.4, 0.5) is 11.4 Å². The van der Waals surface area contributed by atoms with Crippen molar-refractivity contribution in [3.8, 4) is 17.0 Å². The van der Waals surface area contributed by atoms with E-state index < -0.39 is 8.32 Å². The Morgan fingerprint density at radius 2 is 1.79 bits per heavy atom. The Balaban J connectivity index is 1.58. The molecule has 0 atom stereocenters. The summed E-state index contributed by atoms with van der Waals surface area (Å²) in [6.07, 6.45) is 5.51. The van der Waals surface area contributed by atoms with Gasteiger partial charge in [-0.1, -0.05) is 20.8 Å². The van der Waals surface area contributed by atoms with Gasteiger partial charge in [0.05, 0.1) is 42.8 Å². The molecule has 2 aromatic heterocycles. The number of fused-ring (bicyclic) bond motifs is 1. The van der Waals surface area contributed by atoms with Gasteiger partial charge in [-0.15, -0.1) is 0 Å². The highest BCUT2D eigenvalue weighted by molar-refractivity contribution is 6.74. The standard InChI is InChI=1S/C26H33N5O2Si/c1-26(2,3)34(6,7)33-17-18-10-21(12-22(11-18)32-5)29-20-8-9-23-24(13-20)30-25(15-27-23)19-14-28-31(4)16-19/h8-16,29H,17H2,1-7H3. The van der Waals surface area contributed by atoms with Gasteiger partial charge in [-0.2, -0.15) is 5.10 Å². The van der Waals surface area contributed by atoms with Gasteiger partial charge in [0.15, 0.2) is 8.32 Å². The Bertz CT molecular complexity index is 1310. The molecule has 0 spiro atoms. The Labute approximate surface area is 202 Å². The summed E-state index contributed by atoms with van der Waals surface area (Å²) in [6.45, 7) is 11.8. The second-order valence-electron chi connectivity index (χ2n) is 10.1. The number of nitrogens with zero attached hydrogens (tertiary/aromatic N) is 4. The van der Waals surface area contributed by atoms with Crippen LogP contribution in [0.15, 0.2) is 55.0 Å². The molecule has 2 heterocycles. The van der Waals surface area contributed by atoms with Crippen molar-refractivity contribution in [1.82, 2.24) is 19.7 Å². The van der Waals surface area contributed by atoms with Gasteiger partial charge in [-0.3, -0.25) is 9.67 Å². The number of aryl methyl sites for hydroxylation is 1. The lowest BCUT2D eigenvalue weighted by Crippen LogP contribution is -2.40. The Morgan fingerprint density at radius 3 is 2.47 bits per heavy atom. The zero-order chi connectivity index (χ0) is 24.5. The molecule has 0 aliphatic carbocycles. The number of anilines is 2. The first-order valence-electron chi connectivity index (χ1n) is 11.4. The van der Waals surface area contributed by atoms with Gasteiger partial charge in [0.25, 0.3) is 0 Å². The number of benzene rings is 2. The number of nitrogens with one attached hydrogen (secondary N) is 1. The lowest BCUT2D eigenvalue weighted by Gasteiger charge is -2.36. The van der Waals surface area contributed by atoms with Crippen molar-refractivity contribution >= 4 is 30.7 Å². The van der Waals surface area contributed by atoms with Gasteiger partial charge in [-0.05, 0) is 54.0 Å². The smallest absolute Gasteiger partial charge is 0.192 e. The molecule has 0 saturated carbocycles. The topological polar surface area (TPSA) is 74.1 Å². The second-order valence-corrected chi connectivity index (χ2v) is 14.9. The maximum Gasteiger partial charge on any atom is 0.192 e. The van der Waals surface area contributed by atoms with E-state index in [0.717, 1.165) is 45.0 Å². The Morgan fingerprint density at radius 1 is 1.00 bits per heavy atom. The highest BCUT2D eigenvalue weighted by Gasteiger charge is 2.37. The molecule has 4 rings (SSSR count). The highest BCUT2D eigenvalue weighted by Crippen LogP contribution is 2.37. The van der Waals surface area contributed by atoms with E-state index in [1.54, 1.807) is 24.2 Å². The zero-order valence-electron chi connectivity index (χ0n) is 21.0. The molecule has 0 aliphatic rings. The molecule has 0 fully saturated rings. The molecular formula is C26H33N5O2Si. The van der Waals surface area contributed by atoms with E-state index in [0.29, 0.717) is 6.61 Å². The predicted molar refractivity (Wildman–Crippen MR) is 140 cm³/mol. The zero-order valence-corrected chi connectivity index (χ0v) is 22.0. The minimum atomic E-state index is -1.85. The largest absolute Gasteiger partial charge is 0.497 e. The van der Waals surface area contributed by atoms with Crippen LogP contribution in [0.25, 0.3) is 22.3 Å². The summed E-state index contributed by atoms with van der Waals surface area (Å²) in [5, 5.41) is 7.89. The quantitative estimate of drug-likeness (QED) is 0.316. The summed E-state index contributed by atoms with van der Waals surface area (Å²) in [6, 6.07) is 12.1. The summed E-state index contributed by atoms with van der Waals surface area (Å²) >= 11 is 0. The molecular weight excluding hydrogens is 442 g/mol. The molecule has 7 nitrogen and oxygen atoms in total. The third kappa shape index (κ3) is 5.29. The first kappa shape index (κ1) is 23.9. The number of hydrogen-bond donors (Lipinski definition) is 1. The van der Waals surface area contributed by atoms with Gasteiger partial charge in [0.2, 0.25) is 0 Å². The van der Waals surface area contributed by atoms with Gasteiger partial charge in [-0.25, -0.2) is 4.98 Å². The summed E-state index contributed by atoms with van der Waals surface area (Å²) in [5.74, 6) is 0.790. The number of rotatable bonds is 7. The van der Waals surface area contributed by atoms with Crippen molar-refractivity contribution in [1.29, 1.82) is 0 Å². The molecule has 0 radical (unpaired) electrons. The third-order valence-corrected chi connectivity index (χ3v) is 10.9. The molecule has 4 aromatic rings. The maximum atomic E-state index is 6.43. The summed E-state index contributed by atoms with van der Waals surface area (Å²) < 4.78 is 13.7. The molecule has 0 bridgehead atoms. The maximum absolute atomic E-state index is 6.43. The normalized spacial score (nSPS) is 12.2. The van der Waals surface area contributed by atoms with E-state index in [4.69, 9.17) is 14.1 Å². The fourth-order valence-corrected chi connectivity index (χ4v) is 4.32. The van der Waals surface area contributed by atoms with E-state index in [1.165, 1.54) is 0 Å². The van der Waals surface area contributed by atoms with Crippen molar-refractivity contribution in [3.05, 3.63) is 60.6 Å². The molecule has 1 N–H and O–H groups in total. The van der Waals surface area contributed by atoms with Crippen molar-refractivity contribution in [3.63, 3.8) is 0 Å². The van der Waals surface area contributed by atoms with Crippen molar-refractivity contribution in [2.75, 3.05) is 12.4 Å². The van der Waals surface area contributed by atoms with Crippen LogP contribution in [0.1, 0.15) is 26.3 Å². The number of methoxy groups -OCH3 is 1. The van der Waals surface area contributed by atoms with E-state index in [2.05, 4.69) is 55.3 Å². The van der Waals surface area contributed by atoms with Crippen LogP contribution in [0.5, 0.6) is 5.75 Å². The summed E-state index contributed by atoms with van der Waals surface area (Å²) in [5.41, 5.74) is 6.33. The van der Waals surface area contributed by atoms with Crippen LogP contribution >= 0.6 is 0 Å². The first-order valence-corrected chi connectivity index (χ1v) is 14.3. The minimum Gasteiger partial charge on any atom is -0.497 e. The molecule has 0 amide bonds. The molecule has 0 unspecified atom stereocenters. The monoisotopic (exact) mass is 475 g/mol. The Kier molecular flexibility index (Phi) is 6.46. The van der Waals surface area contributed by atoms with Gasteiger partial charge in [0, 0.05) is 36.2 Å². The minimum absolute atomic E-state index is 0.160. The summed E-state index contributed by atoms with van der Waals surface area (Å²) in [7, 11) is 1.72. The molecule has 34 heavy (non-hydrogen) atoms. The first-order chi connectivity index (χ1) is 16.0. The van der Waals surface area contributed by atoms with E-state index in [1.807, 2.05) is 43.6 Å². The van der Waals surface area contributed by atoms with E-state index >= 15 is 0 Å². The van der Waals surface area contributed by atoms with E-state index in [-0.39, 0.29) is 5.04 Å². The van der Waals surface area contributed by atoms with Crippen LogP contribution in [-0.4, -0.2) is 35.2 Å². The molecule has 0 saturated heterocycles. The van der Waals surface area contributed by atoms with Gasteiger partial charge < -0.3 is 14.5 Å². The van der Waals surface area contributed by atoms with E-state index in [9.17, 15) is 0 Å². The van der Waals surface area contributed by atoms with Crippen molar-refractivity contribution in [2.24, 2.45) is 7.05 Å². The fourth-order valence-electron chi connectivity index (χ4n) is 3.36. The molecule has 2 aromatic carbocycles. The van der Waals surface area contributed by atoms with Crippen LogP contribution in [0.2, 0.25) is 18.1 Å². The average molecular weight is 476 g/mol.